The molecule has 0 saturated heterocycles. The van der Waals surface area contributed by atoms with Crippen LogP contribution in [0.5, 0.6) is 0 Å². The van der Waals surface area contributed by atoms with Gasteiger partial charge in [0.25, 0.3) is 0 Å². The van der Waals surface area contributed by atoms with Crippen LogP contribution in [0.2, 0.25) is 5.02 Å². The zero-order valence-corrected chi connectivity index (χ0v) is 16.2. The molecule has 3 rings (SSSR count). The Morgan fingerprint density at radius 3 is 2.80 bits per heavy atom. The number of nitrogens with zero attached hydrogens (tertiary/aromatic N) is 1. The Labute approximate surface area is 156 Å². The maximum Gasteiger partial charge on any atom is 0.227 e. The van der Waals surface area contributed by atoms with Gasteiger partial charge in [-0.2, -0.15) is 0 Å². The molecule has 2 aromatic rings. The molecular formula is C17H19ClN2O3S2. The molecule has 0 saturated carbocycles. The summed E-state index contributed by atoms with van der Waals surface area (Å²) in [6, 6.07) is 5.95. The Bertz CT molecular complexity index is 876. The highest BCUT2D eigenvalue weighted by molar-refractivity contribution is 7.91. The average Bonchev–Trinajstić information content (AvgIpc) is 2.94. The lowest BCUT2D eigenvalue weighted by Gasteiger charge is -2.15. The van der Waals surface area contributed by atoms with E-state index in [4.69, 9.17) is 11.6 Å². The van der Waals surface area contributed by atoms with E-state index >= 15 is 0 Å². The number of aromatic nitrogens is 1. The number of fused-ring (bicyclic) bond motifs is 1. The highest BCUT2D eigenvalue weighted by Gasteiger charge is 2.21. The molecule has 1 atom stereocenters. The first-order chi connectivity index (χ1) is 11.8. The van der Waals surface area contributed by atoms with E-state index in [-0.39, 0.29) is 23.0 Å². The Balaban J connectivity index is 1.59. The Morgan fingerprint density at radius 2 is 2.08 bits per heavy atom. The van der Waals surface area contributed by atoms with E-state index in [0.29, 0.717) is 16.1 Å². The number of thiazole rings is 1. The first-order valence-electron chi connectivity index (χ1n) is 8.10. The number of halogens is 1. The summed E-state index contributed by atoms with van der Waals surface area (Å²) < 4.78 is 24.5. The summed E-state index contributed by atoms with van der Waals surface area (Å²) in [5, 5.41) is 3.76. The van der Waals surface area contributed by atoms with Gasteiger partial charge in [-0.05, 0) is 49.4 Å². The number of nitrogens with one attached hydrogen (secondary N) is 1. The predicted octanol–water partition coefficient (Wildman–Crippen LogP) is 3.72. The summed E-state index contributed by atoms with van der Waals surface area (Å²) in [5.41, 5.74) is 1.06. The first-order valence-corrected chi connectivity index (χ1v) is 10.9. The van der Waals surface area contributed by atoms with Crippen molar-refractivity contribution in [2.45, 2.75) is 37.5 Å². The summed E-state index contributed by atoms with van der Waals surface area (Å²) in [4.78, 5) is 17.9. The van der Waals surface area contributed by atoms with Crippen LogP contribution in [0.1, 0.15) is 30.3 Å². The van der Waals surface area contributed by atoms with Crippen molar-refractivity contribution < 1.29 is 13.2 Å². The number of benzene rings is 1. The van der Waals surface area contributed by atoms with E-state index in [9.17, 15) is 13.2 Å². The van der Waals surface area contributed by atoms with E-state index < -0.39 is 9.84 Å². The molecule has 25 heavy (non-hydrogen) atoms. The van der Waals surface area contributed by atoms with Gasteiger partial charge in [0.15, 0.2) is 15.0 Å². The van der Waals surface area contributed by atoms with Gasteiger partial charge in [-0.1, -0.05) is 18.5 Å². The molecule has 0 aliphatic heterocycles. The number of sulfone groups is 1. The third-order valence-corrected chi connectivity index (χ3v) is 7.22. The van der Waals surface area contributed by atoms with Crippen LogP contribution in [0.15, 0.2) is 29.2 Å². The lowest BCUT2D eigenvalue weighted by molar-refractivity contribution is -0.115. The van der Waals surface area contributed by atoms with Gasteiger partial charge in [-0.3, -0.25) is 4.79 Å². The minimum atomic E-state index is -3.51. The van der Waals surface area contributed by atoms with Crippen LogP contribution in [0.4, 0.5) is 5.13 Å². The Hall–Kier alpha value is -1.44. The van der Waals surface area contributed by atoms with Crippen molar-refractivity contribution in [3.63, 3.8) is 0 Å². The summed E-state index contributed by atoms with van der Waals surface area (Å²) >= 11 is 7.26. The van der Waals surface area contributed by atoms with Crippen molar-refractivity contribution in [3.05, 3.63) is 39.9 Å². The van der Waals surface area contributed by atoms with E-state index in [0.717, 1.165) is 25.0 Å². The molecule has 0 radical (unpaired) electrons. The first kappa shape index (κ1) is 18.4. The molecule has 0 unspecified atom stereocenters. The second kappa shape index (κ2) is 7.43. The molecule has 1 N–H and O–H groups in total. The van der Waals surface area contributed by atoms with Crippen molar-refractivity contribution in [2.24, 2.45) is 5.92 Å². The normalized spacial score (nSPS) is 17.1. The average molecular weight is 399 g/mol. The highest BCUT2D eigenvalue weighted by atomic mass is 35.5. The molecule has 1 amide bonds. The summed E-state index contributed by atoms with van der Waals surface area (Å²) in [5.74, 6) is 0.0560. The Morgan fingerprint density at radius 1 is 1.36 bits per heavy atom. The number of amides is 1. The van der Waals surface area contributed by atoms with Crippen LogP contribution < -0.4 is 5.32 Å². The molecule has 5 nitrogen and oxygen atoms in total. The summed E-state index contributed by atoms with van der Waals surface area (Å²) in [6.07, 6.45) is 2.94. The zero-order valence-electron chi connectivity index (χ0n) is 13.8. The van der Waals surface area contributed by atoms with E-state index in [2.05, 4.69) is 17.2 Å². The van der Waals surface area contributed by atoms with Gasteiger partial charge in [0.05, 0.1) is 16.3 Å². The van der Waals surface area contributed by atoms with Crippen molar-refractivity contribution in [1.29, 1.82) is 0 Å². The van der Waals surface area contributed by atoms with Gasteiger partial charge in [-0.25, -0.2) is 13.4 Å². The molecule has 1 aromatic carbocycles. The van der Waals surface area contributed by atoms with Gasteiger partial charge in [0.1, 0.15) is 0 Å². The monoisotopic (exact) mass is 398 g/mol. The fourth-order valence-electron chi connectivity index (χ4n) is 2.76. The lowest BCUT2D eigenvalue weighted by atomic mass is 9.93. The lowest BCUT2D eigenvalue weighted by Crippen LogP contribution is -2.17. The van der Waals surface area contributed by atoms with Gasteiger partial charge in [-0.15, -0.1) is 11.3 Å². The van der Waals surface area contributed by atoms with Crippen LogP contribution in [0.25, 0.3) is 0 Å². The molecule has 0 spiro atoms. The van der Waals surface area contributed by atoms with Gasteiger partial charge >= 0.3 is 0 Å². The number of hydrogen-bond acceptors (Lipinski definition) is 5. The quantitative estimate of drug-likeness (QED) is 0.832. The predicted molar refractivity (Wildman–Crippen MR) is 100 cm³/mol. The fraction of sp³-hybridized carbons (Fsp3) is 0.412. The summed E-state index contributed by atoms with van der Waals surface area (Å²) in [6.45, 7) is 2.21. The molecule has 0 fully saturated rings. The van der Waals surface area contributed by atoms with Crippen molar-refractivity contribution in [1.82, 2.24) is 4.98 Å². The van der Waals surface area contributed by atoms with Gasteiger partial charge in [0, 0.05) is 16.3 Å². The minimum absolute atomic E-state index is 0.106. The number of anilines is 1. The topological polar surface area (TPSA) is 76.1 Å². The SMILES string of the molecule is C[C@H]1CCc2nc(NC(=O)CCS(=O)(=O)c3ccc(Cl)cc3)sc2C1. The highest BCUT2D eigenvalue weighted by Crippen LogP contribution is 2.32. The van der Waals surface area contributed by atoms with Crippen molar-refractivity contribution in [3.8, 4) is 0 Å². The van der Waals surface area contributed by atoms with Crippen LogP contribution in [-0.2, 0) is 27.5 Å². The third kappa shape index (κ3) is 4.59. The fourth-order valence-corrected chi connectivity index (χ4v) is 5.32. The molecule has 1 aliphatic carbocycles. The van der Waals surface area contributed by atoms with E-state index in [1.807, 2.05) is 0 Å². The van der Waals surface area contributed by atoms with Crippen LogP contribution in [0, 0.1) is 5.92 Å². The van der Waals surface area contributed by atoms with E-state index in [1.165, 1.54) is 40.5 Å². The third-order valence-electron chi connectivity index (χ3n) is 4.20. The minimum Gasteiger partial charge on any atom is -0.302 e. The van der Waals surface area contributed by atoms with Crippen LogP contribution >= 0.6 is 22.9 Å². The smallest absolute Gasteiger partial charge is 0.227 e. The van der Waals surface area contributed by atoms with Crippen LogP contribution in [-0.4, -0.2) is 25.1 Å². The molecule has 134 valence electrons. The van der Waals surface area contributed by atoms with Gasteiger partial charge in [0.2, 0.25) is 5.91 Å². The molecule has 1 heterocycles. The second-order valence-corrected chi connectivity index (χ2v) is 9.94. The molecule has 1 aliphatic rings. The molecule has 8 heteroatoms. The van der Waals surface area contributed by atoms with Gasteiger partial charge < -0.3 is 5.32 Å². The molecule has 1 aromatic heterocycles. The van der Waals surface area contributed by atoms with E-state index in [1.54, 1.807) is 0 Å². The zero-order chi connectivity index (χ0) is 18.0. The number of rotatable bonds is 5. The Kier molecular flexibility index (Phi) is 5.46. The van der Waals surface area contributed by atoms with Crippen molar-refractivity contribution >= 4 is 43.8 Å². The number of aryl methyl sites for hydroxylation is 1. The number of carbonyl (C=O) groups is 1. The van der Waals surface area contributed by atoms with Crippen LogP contribution in [0.3, 0.4) is 0 Å². The standard InChI is InChI=1S/C17H19ClN2O3S2/c1-11-2-7-14-15(10-11)24-17(19-14)20-16(21)8-9-25(22,23)13-5-3-12(18)4-6-13/h3-6,11H,2,7-10H2,1H3,(H,19,20,21)/t11-/m0/s1. The largest absolute Gasteiger partial charge is 0.302 e. The maximum absolute atomic E-state index is 12.3. The molecular weight excluding hydrogens is 380 g/mol. The number of carbonyl (C=O) groups excluding carboxylic acids is 1. The second-order valence-electron chi connectivity index (χ2n) is 6.31. The van der Waals surface area contributed by atoms with Crippen molar-refractivity contribution in [2.75, 3.05) is 11.1 Å². The summed E-state index contributed by atoms with van der Waals surface area (Å²) in [7, 11) is -3.51. The molecule has 0 bridgehead atoms. The number of hydrogen-bond donors (Lipinski definition) is 1. The maximum atomic E-state index is 12.3.